The van der Waals surface area contributed by atoms with E-state index >= 15 is 0 Å². The molecule has 1 heterocycles. The summed E-state index contributed by atoms with van der Waals surface area (Å²) in [5, 5.41) is 3.74. The fraction of sp³-hybridized carbons (Fsp3) is 0.261. The van der Waals surface area contributed by atoms with Crippen LogP contribution in [0.1, 0.15) is 36.3 Å². The van der Waals surface area contributed by atoms with Crippen molar-refractivity contribution in [3.63, 3.8) is 0 Å². The quantitative estimate of drug-likeness (QED) is 0.585. The molecule has 0 aliphatic rings. The van der Waals surface area contributed by atoms with Crippen molar-refractivity contribution in [2.24, 2.45) is 0 Å². The second-order valence-corrected chi connectivity index (χ2v) is 7.26. The van der Waals surface area contributed by atoms with Gasteiger partial charge >= 0.3 is 0 Å². The largest absolute Gasteiger partial charge is 0.495 e. The molecule has 3 aromatic rings. The summed E-state index contributed by atoms with van der Waals surface area (Å²) in [6, 6.07) is 17.5. The minimum atomic E-state index is -0.0734. The third-order valence-corrected chi connectivity index (χ3v) is 5.20. The number of carbonyl (C=O) groups excluding carboxylic acids is 1. The molecule has 0 fully saturated rings. The molecule has 5 heteroatoms. The molecule has 0 radical (unpaired) electrons. The maximum Gasteiger partial charge on any atom is 0.253 e. The molecule has 0 saturated heterocycles. The van der Waals surface area contributed by atoms with Gasteiger partial charge in [0.2, 0.25) is 0 Å². The Morgan fingerprint density at radius 2 is 1.86 bits per heavy atom. The molecule has 1 unspecified atom stereocenters. The number of aromatic nitrogens is 1. The molecule has 1 atom stereocenters. The van der Waals surface area contributed by atoms with Crippen molar-refractivity contribution in [3.8, 4) is 22.7 Å². The van der Waals surface area contributed by atoms with Crippen LogP contribution in [-0.4, -0.2) is 23.6 Å². The molecule has 0 saturated carbocycles. The molecule has 0 aliphatic heterocycles. The number of nitrogens with one attached hydrogen (secondary N) is 1. The van der Waals surface area contributed by atoms with Crippen molar-refractivity contribution in [1.82, 2.24) is 9.88 Å². The van der Waals surface area contributed by atoms with Crippen LogP contribution in [0.3, 0.4) is 0 Å². The van der Waals surface area contributed by atoms with E-state index in [2.05, 4.69) is 16.8 Å². The van der Waals surface area contributed by atoms with Gasteiger partial charge in [0.05, 0.1) is 24.1 Å². The van der Waals surface area contributed by atoms with Crippen LogP contribution in [0.2, 0.25) is 5.02 Å². The van der Waals surface area contributed by atoms with Gasteiger partial charge in [-0.15, -0.1) is 0 Å². The average molecular weight is 397 g/mol. The molecule has 146 valence electrons. The third-order valence-electron chi connectivity index (χ3n) is 4.95. The van der Waals surface area contributed by atoms with Gasteiger partial charge in [-0.2, -0.15) is 0 Å². The normalized spacial score (nSPS) is 11.9. The number of methoxy groups -OCH3 is 1. The number of benzene rings is 2. The number of hydrogen-bond donors (Lipinski definition) is 1. The number of amides is 1. The Hall–Kier alpha value is -2.72. The summed E-state index contributed by atoms with van der Waals surface area (Å²) >= 11 is 6.07. The van der Waals surface area contributed by atoms with Crippen molar-refractivity contribution in [2.45, 2.75) is 33.2 Å². The molecule has 1 N–H and O–H groups in total. The lowest BCUT2D eigenvalue weighted by Crippen LogP contribution is -2.32. The summed E-state index contributed by atoms with van der Waals surface area (Å²) < 4.78 is 7.64. The van der Waals surface area contributed by atoms with E-state index < -0.39 is 0 Å². The maximum absolute atomic E-state index is 12.9. The molecule has 1 amide bonds. The zero-order valence-corrected chi connectivity index (χ0v) is 17.4. The van der Waals surface area contributed by atoms with E-state index in [0.29, 0.717) is 10.6 Å². The predicted molar refractivity (Wildman–Crippen MR) is 115 cm³/mol. The zero-order valence-electron chi connectivity index (χ0n) is 16.6. The SMILES string of the molecule is CCC(C)NC(=O)c1cc(-c2ccc(Cl)cc2)n(-c2ccccc2OC)c1C. The number of para-hydroxylation sites is 2. The van der Waals surface area contributed by atoms with Gasteiger partial charge in [0.15, 0.2) is 0 Å². The Kier molecular flexibility index (Phi) is 6.10. The molecule has 2 aromatic carbocycles. The highest BCUT2D eigenvalue weighted by Gasteiger charge is 2.22. The Bertz CT molecular complexity index is 977. The fourth-order valence-electron chi connectivity index (χ4n) is 3.20. The zero-order chi connectivity index (χ0) is 20.3. The van der Waals surface area contributed by atoms with Gasteiger partial charge in [-0.05, 0) is 56.2 Å². The van der Waals surface area contributed by atoms with E-state index in [1.807, 2.05) is 68.4 Å². The number of nitrogens with zero attached hydrogens (tertiary/aromatic N) is 1. The molecule has 1 aromatic heterocycles. The second kappa shape index (κ2) is 8.53. The van der Waals surface area contributed by atoms with E-state index in [4.69, 9.17) is 16.3 Å². The summed E-state index contributed by atoms with van der Waals surface area (Å²) in [6.45, 7) is 6.01. The second-order valence-electron chi connectivity index (χ2n) is 6.83. The number of halogens is 1. The number of ether oxygens (including phenoxy) is 1. The average Bonchev–Trinajstić information content (AvgIpc) is 3.05. The van der Waals surface area contributed by atoms with Crippen molar-refractivity contribution in [2.75, 3.05) is 7.11 Å². The van der Waals surface area contributed by atoms with E-state index in [1.54, 1.807) is 7.11 Å². The van der Waals surface area contributed by atoms with Gasteiger partial charge in [-0.3, -0.25) is 4.79 Å². The molecule has 4 nitrogen and oxygen atoms in total. The van der Waals surface area contributed by atoms with Crippen molar-refractivity contribution >= 4 is 17.5 Å². The first kappa shape index (κ1) is 20.0. The van der Waals surface area contributed by atoms with Crippen LogP contribution < -0.4 is 10.1 Å². The Morgan fingerprint density at radius 3 is 2.50 bits per heavy atom. The van der Waals surface area contributed by atoms with Crippen LogP contribution >= 0.6 is 11.6 Å². The van der Waals surface area contributed by atoms with E-state index in [9.17, 15) is 4.79 Å². The van der Waals surface area contributed by atoms with Crippen LogP contribution in [0.15, 0.2) is 54.6 Å². The lowest BCUT2D eigenvalue weighted by molar-refractivity contribution is 0.0938. The maximum atomic E-state index is 12.9. The van der Waals surface area contributed by atoms with E-state index in [-0.39, 0.29) is 11.9 Å². The summed E-state index contributed by atoms with van der Waals surface area (Å²) in [7, 11) is 1.65. The van der Waals surface area contributed by atoms with Crippen LogP contribution in [0.5, 0.6) is 5.75 Å². The van der Waals surface area contributed by atoms with Crippen LogP contribution in [-0.2, 0) is 0 Å². The summed E-state index contributed by atoms with van der Waals surface area (Å²) in [4.78, 5) is 12.9. The topological polar surface area (TPSA) is 43.3 Å². The molecule has 28 heavy (non-hydrogen) atoms. The highest BCUT2D eigenvalue weighted by atomic mass is 35.5. The third kappa shape index (κ3) is 3.92. The molecule has 0 bridgehead atoms. The Balaban J connectivity index is 2.21. The van der Waals surface area contributed by atoms with Crippen molar-refractivity contribution < 1.29 is 9.53 Å². The van der Waals surface area contributed by atoms with Crippen LogP contribution in [0, 0.1) is 6.92 Å². The molecule has 0 spiro atoms. The first-order chi connectivity index (χ1) is 13.5. The highest BCUT2D eigenvalue weighted by Crippen LogP contribution is 2.34. The number of hydrogen-bond acceptors (Lipinski definition) is 2. The van der Waals surface area contributed by atoms with Gasteiger partial charge in [-0.25, -0.2) is 0 Å². The molecule has 3 rings (SSSR count). The smallest absolute Gasteiger partial charge is 0.253 e. The van der Waals surface area contributed by atoms with Crippen molar-refractivity contribution in [3.05, 3.63) is 70.9 Å². The molecular weight excluding hydrogens is 372 g/mol. The first-order valence-corrected chi connectivity index (χ1v) is 9.76. The van der Waals surface area contributed by atoms with E-state index in [0.717, 1.165) is 34.8 Å². The number of rotatable bonds is 6. The van der Waals surface area contributed by atoms with Gasteiger partial charge in [0.1, 0.15) is 5.75 Å². The van der Waals surface area contributed by atoms with E-state index in [1.165, 1.54) is 0 Å². The number of carbonyl (C=O) groups is 1. The van der Waals surface area contributed by atoms with Crippen LogP contribution in [0.4, 0.5) is 0 Å². The Morgan fingerprint density at radius 1 is 1.18 bits per heavy atom. The lowest BCUT2D eigenvalue weighted by atomic mass is 10.1. The monoisotopic (exact) mass is 396 g/mol. The first-order valence-electron chi connectivity index (χ1n) is 9.38. The minimum absolute atomic E-state index is 0.0734. The summed E-state index contributed by atoms with van der Waals surface area (Å²) in [6.07, 6.45) is 0.877. The molecular formula is C23H25ClN2O2. The van der Waals surface area contributed by atoms with Gasteiger partial charge < -0.3 is 14.6 Å². The summed E-state index contributed by atoms with van der Waals surface area (Å²) in [5.41, 5.74) is 4.27. The van der Waals surface area contributed by atoms with Crippen LogP contribution in [0.25, 0.3) is 16.9 Å². The fourth-order valence-corrected chi connectivity index (χ4v) is 3.32. The lowest BCUT2D eigenvalue weighted by Gasteiger charge is -2.16. The highest BCUT2D eigenvalue weighted by molar-refractivity contribution is 6.30. The standard InChI is InChI=1S/C23H25ClN2O2/c1-5-15(2)25-23(27)19-14-21(17-10-12-18(24)13-11-17)26(16(19)3)20-8-6-7-9-22(20)28-4/h6-15H,5H2,1-4H3,(H,25,27). The van der Waals surface area contributed by atoms with Crippen molar-refractivity contribution in [1.29, 1.82) is 0 Å². The molecule has 0 aliphatic carbocycles. The summed E-state index contributed by atoms with van der Waals surface area (Å²) in [5.74, 6) is 0.668. The van der Waals surface area contributed by atoms with Gasteiger partial charge in [-0.1, -0.05) is 42.8 Å². The Labute approximate surface area is 171 Å². The van der Waals surface area contributed by atoms with Gasteiger partial charge in [0.25, 0.3) is 5.91 Å². The van der Waals surface area contributed by atoms with Gasteiger partial charge in [0, 0.05) is 16.8 Å². The predicted octanol–water partition coefficient (Wildman–Crippen LogP) is 5.64. The minimum Gasteiger partial charge on any atom is -0.495 e.